The number of pyridine rings is 1. The number of nitrogens with zero attached hydrogens (tertiary/aromatic N) is 1. The number of nitrogens with one attached hydrogen (secondary N) is 2. The number of benzene rings is 2. The highest BCUT2D eigenvalue weighted by molar-refractivity contribution is 7.83. The molecule has 2 aromatic carbocycles. The molecule has 0 saturated carbocycles. The van der Waals surface area contributed by atoms with Crippen molar-refractivity contribution in [1.29, 1.82) is 0 Å². The fourth-order valence-electron chi connectivity index (χ4n) is 3.53. The normalized spacial score (nSPS) is 12.8. The van der Waals surface area contributed by atoms with E-state index in [2.05, 4.69) is 28.8 Å². The average Bonchev–Trinajstić information content (AvgIpc) is 2.84. The summed E-state index contributed by atoms with van der Waals surface area (Å²) in [6, 6.07) is 21.6. The van der Waals surface area contributed by atoms with Crippen molar-refractivity contribution in [2.75, 3.05) is 0 Å². The first-order valence-corrected chi connectivity index (χ1v) is 12.0. The quantitative estimate of drug-likeness (QED) is 0.292. The van der Waals surface area contributed by atoms with Crippen LogP contribution in [0, 0.1) is 0 Å². The predicted octanol–water partition coefficient (Wildman–Crippen LogP) is 4.67. The third-order valence-electron chi connectivity index (χ3n) is 5.26. The molecule has 1 amide bonds. The lowest BCUT2D eigenvalue weighted by Gasteiger charge is -2.17. The van der Waals surface area contributed by atoms with E-state index in [0.29, 0.717) is 5.56 Å². The van der Waals surface area contributed by atoms with Gasteiger partial charge in [-0.2, -0.15) is 0 Å². The number of amides is 1. The van der Waals surface area contributed by atoms with Gasteiger partial charge in [0.15, 0.2) is 0 Å². The van der Waals surface area contributed by atoms with Gasteiger partial charge in [0.25, 0.3) is 5.91 Å². The van der Waals surface area contributed by atoms with Crippen LogP contribution in [0.4, 0.5) is 0 Å². The highest BCUT2D eigenvalue weighted by atomic mass is 32.2. The molecule has 0 fully saturated rings. The Morgan fingerprint density at radius 3 is 2.34 bits per heavy atom. The molecule has 1 aromatic heterocycles. The van der Waals surface area contributed by atoms with Crippen LogP contribution in [0.15, 0.2) is 77.8 Å². The van der Waals surface area contributed by atoms with Crippen molar-refractivity contribution in [2.45, 2.75) is 50.0 Å². The largest absolute Gasteiger partial charge is 0.288 e. The summed E-state index contributed by atoms with van der Waals surface area (Å²) in [5.41, 5.74) is 5.04. The van der Waals surface area contributed by atoms with Crippen molar-refractivity contribution in [3.8, 4) is 11.1 Å². The van der Waals surface area contributed by atoms with E-state index in [9.17, 15) is 9.00 Å². The van der Waals surface area contributed by atoms with Crippen molar-refractivity contribution < 1.29 is 14.2 Å². The Bertz CT molecular complexity index is 1010. The molecule has 1 heterocycles. The van der Waals surface area contributed by atoms with Gasteiger partial charge in [-0.05, 0) is 61.1 Å². The van der Waals surface area contributed by atoms with Crippen LogP contribution in [0.5, 0.6) is 0 Å². The van der Waals surface area contributed by atoms with Gasteiger partial charge in [-0.3, -0.25) is 15.0 Å². The Kier molecular flexibility index (Phi) is 9.10. The minimum absolute atomic E-state index is 0.147. The number of hydrogen-bond acceptors (Lipinski definition) is 4. The van der Waals surface area contributed by atoms with Crippen molar-refractivity contribution in [3.63, 3.8) is 0 Å². The third kappa shape index (κ3) is 6.82. The number of aromatic nitrogens is 1. The van der Waals surface area contributed by atoms with Crippen LogP contribution in [0.1, 0.15) is 48.7 Å². The predicted molar refractivity (Wildman–Crippen MR) is 127 cm³/mol. The fourth-order valence-corrected chi connectivity index (χ4v) is 4.59. The number of carbonyl (C=O) groups is 1. The van der Waals surface area contributed by atoms with Gasteiger partial charge in [-0.1, -0.05) is 55.8 Å². The van der Waals surface area contributed by atoms with Gasteiger partial charge in [-0.15, -0.1) is 0 Å². The zero-order chi connectivity index (χ0) is 22.8. The Morgan fingerprint density at radius 2 is 1.72 bits per heavy atom. The molecule has 2 atom stereocenters. The molecule has 0 aliphatic rings. The van der Waals surface area contributed by atoms with E-state index in [1.165, 1.54) is 6.20 Å². The number of aryl methyl sites for hydroxylation is 1. The minimum Gasteiger partial charge on any atom is -0.288 e. The molecule has 3 rings (SSSR count). The SMILES string of the molecule is CCCC(CCCc1ccc(C(=O)NO)cn1)NS(=O)c1ccc(-c2ccccc2)cc1. The Balaban J connectivity index is 1.53. The fraction of sp³-hybridized carbons (Fsp3) is 0.280. The summed E-state index contributed by atoms with van der Waals surface area (Å²) in [7, 11) is -1.27. The van der Waals surface area contributed by atoms with Gasteiger partial charge in [0, 0.05) is 17.9 Å². The molecule has 168 valence electrons. The first-order valence-electron chi connectivity index (χ1n) is 10.8. The van der Waals surface area contributed by atoms with E-state index >= 15 is 0 Å². The summed E-state index contributed by atoms with van der Waals surface area (Å²) >= 11 is 0. The van der Waals surface area contributed by atoms with Crippen LogP contribution in [-0.4, -0.2) is 26.3 Å². The topological polar surface area (TPSA) is 91.3 Å². The second-order valence-corrected chi connectivity index (χ2v) is 8.88. The van der Waals surface area contributed by atoms with E-state index < -0.39 is 16.9 Å². The van der Waals surface area contributed by atoms with Crippen LogP contribution in [0.2, 0.25) is 0 Å². The molecule has 3 N–H and O–H groups in total. The Morgan fingerprint density at radius 1 is 1.00 bits per heavy atom. The molecule has 2 unspecified atom stereocenters. The van der Waals surface area contributed by atoms with Crippen molar-refractivity contribution in [1.82, 2.24) is 15.2 Å². The number of hydrogen-bond donors (Lipinski definition) is 3. The smallest absolute Gasteiger partial charge is 0.276 e. The molecule has 0 saturated heterocycles. The number of carbonyl (C=O) groups excluding carboxylic acids is 1. The summed E-state index contributed by atoms with van der Waals surface area (Å²) in [5, 5.41) is 8.67. The zero-order valence-corrected chi connectivity index (χ0v) is 19.0. The number of rotatable bonds is 11. The average molecular weight is 452 g/mol. The minimum atomic E-state index is -1.27. The van der Waals surface area contributed by atoms with Gasteiger partial charge in [0.1, 0.15) is 11.0 Å². The molecule has 6 nitrogen and oxygen atoms in total. The molecule has 0 bridgehead atoms. The summed E-state index contributed by atoms with van der Waals surface area (Å²) in [4.78, 5) is 16.4. The highest BCUT2D eigenvalue weighted by Crippen LogP contribution is 2.20. The van der Waals surface area contributed by atoms with Gasteiger partial charge >= 0.3 is 0 Å². The van der Waals surface area contributed by atoms with Gasteiger partial charge in [0.2, 0.25) is 0 Å². The highest BCUT2D eigenvalue weighted by Gasteiger charge is 2.13. The second-order valence-electron chi connectivity index (χ2n) is 7.63. The zero-order valence-electron chi connectivity index (χ0n) is 18.2. The first-order chi connectivity index (χ1) is 15.6. The van der Waals surface area contributed by atoms with E-state index in [-0.39, 0.29) is 6.04 Å². The van der Waals surface area contributed by atoms with E-state index in [0.717, 1.165) is 53.8 Å². The lowest BCUT2D eigenvalue weighted by atomic mass is 10.0. The molecule has 7 heteroatoms. The van der Waals surface area contributed by atoms with Crippen molar-refractivity contribution in [3.05, 3.63) is 84.2 Å². The Labute approximate surface area is 191 Å². The molecule has 32 heavy (non-hydrogen) atoms. The first kappa shape index (κ1) is 23.8. The van der Waals surface area contributed by atoms with Gasteiger partial charge in [-0.25, -0.2) is 14.4 Å². The maximum atomic E-state index is 12.9. The summed E-state index contributed by atoms with van der Waals surface area (Å²) in [5.74, 6) is -0.574. The van der Waals surface area contributed by atoms with Crippen molar-refractivity contribution in [2.24, 2.45) is 0 Å². The standard InChI is InChI=1S/C25H29N3O3S/c1-2-7-23(11-6-10-22-15-12-21(18-26-22)25(29)27-30)28-32(31)24-16-13-20(14-17-24)19-8-4-3-5-9-19/h3-5,8-9,12-18,23,28,30H,2,6-7,10-11H2,1H3,(H,27,29). The molecule has 0 spiro atoms. The molecule has 0 radical (unpaired) electrons. The van der Waals surface area contributed by atoms with E-state index in [1.807, 2.05) is 42.5 Å². The van der Waals surface area contributed by atoms with Crippen LogP contribution in [-0.2, 0) is 17.4 Å². The monoisotopic (exact) mass is 451 g/mol. The lowest BCUT2D eigenvalue weighted by Crippen LogP contribution is -2.31. The molecule has 0 aliphatic heterocycles. The molecule has 3 aromatic rings. The second kappa shape index (κ2) is 12.2. The summed E-state index contributed by atoms with van der Waals surface area (Å²) in [6.07, 6.45) is 5.93. The van der Waals surface area contributed by atoms with Crippen LogP contribution in [0.25, 0.3) is 11.1 Å². The summed E-state index contributed by atoms with van der Waals surface area (Å²) < 4.78 is 16.2. The lowest BCUT2D eigenvalue weighted by molar-refractivity contribution is 0.0706. The molecular formula is C25H29N3O3S. The third-order valence-corrected chi connectivity index (χ3v) is 6.51. The molecule has 0 aliphatic carbocycles. The van der Waals surface area contributed by atoms with Crippen LogP contribution in [0.3, 0.4) is 0 Å². The van der Waals surface area contributed by atoms with Gasteiger partial charge < -0.3 is 0 Å². The molecular weight excluding hydrogens is 422 g/mol. The maximum Gasteiger partial charge on any atom is 0.276 e. The summed E-state index contributed by atoms with van der Waals surface area (Å²) in [6.45, 7) is 2.12. The van der Waals surface area contributed by atoms with E-state index in [4.69, 9.17) is 5.21 Å². The maximum absolute atomic E-state index is 12.9. The van der Waals surface area contributed by atoms with Crippen molar-refractivity contribution >= 4 is 16.9 Å². The number of hydroxylamine groups is 1. The van der Waals surface area contributed by atoms with Crippen LogP contribution < -0.4 is 10.2 Å². The van der Waals surface area contributed by atoms with Crippen LogP contribution >= 0.6 is 0 Å². The van der Waals surface area contributed by atoms with Gasteiger partial charge in [0.05, 0.1) is 10.5 Å². The Hall–Kier alpha value is -2.87. The van der Waals surface area contributed by atoms with E-state index in [1.54, 1.807) is 17.6 Å².